The van der Waals surface area contributed by atoms with E-state index in [1.807, 2.05) is 6.07 Å². The van der Waals surface area contributed by atoms with Crippen molar-refractivity contribution in [1.82, 2.24) is 10.2 Å². The van der Waals surface area contributed by atoms with Crippen LogP contribution in [0, 0.1) is 0 Å². The van der Waals surface area contributed by atoms with E-state index in [1.165, 1.54) is 25.7 Å². The molecule has 2 rings (SSSR count). The highest BCUT2D eigenvalue weighted by atomic mass is 16.5. The molecule has 0 unspecified atom stereocenters. The fraction of sp³-hybridized carbons (Fsp3) is 0.714. The molecule has 1 heterocycles. The maximum atomic E-state index is 11.7. The molecule has 0 spiro atoms. The SMILES string of the molecule is COCCCCC(=O)Nc1cc(C2CCCC2)[nH]n1. The van der Waals surface area contributed by atoms with Crippen molar-refractivity contribution < 1.29 is 9.53 Å². The van der Waals surface area contributed by atoms with Crippen molar-refractivity contribution in [1.29, 1.82) is 0 Å². The molecule has 0 saturated heterocycles. The smallest absolute Gasteiger partial charge is 0.225 e. The standard InChI is InChI=1S/C14H23N3O2/c1-19-9-5-4-8-14(18)15-13-10-12(16-17-13)11-6-2-3-7-11/h10-11H,2-9H2,1H3,(H2,15,16,17,18). The second-order valence-corrected chi connectivity index (χ2v) is 5.19. The first-order chi connectivity index (χ1) is 9.29. The van der Waals surface area contributed by atoms with E-state index in [4.69, 9.17) is 4.74 Å². The normalized spacial score (nSPS) is 15.8. The lowest BCUT2D eigenvalue weighted by molar-refractivity contribution is -0.116. The number of aromatic nitrogens is 2. The first kappa shape index (κ1) is 14.1. The van der Waals surface area contributed by atoms with Gasteiger partial charge >= 0.3 is 0 Å². The summed E-state index contributed by atoms with van der Waals surface area (Å²) < 4.78 is 4.95. The molecule has 5 heteroatoms. The minimum absolute atomic E-state index is 0.0283. The molecule has 106 valence electrons. The van der Waals surface area contributed by atoms with Gasteiger partial charge in [-0.1, -0.05) is 12.8 Å². The molecule has 1 amide bonds. The van der Waals surface area contributed by atoms with Gasteiger partial charge in [-0.15, -0.1) is 0 Å². The average Bonchev–Trinajstić information content (AvgIpc) is 3.04. The van der Waals surface area contributed by atoms with Gasteiger partial charge in [0, 0.05) is 37.8 Å². The molecule has 1 fully saturated rings. The third-order valence-electron chi connectivity index (χ3n) is 3.66. The number of carbonyl (C=O) groups excluding carboxylic acids is 1. The van der Waals surface area contributed by atoms with Gasteiger partial charge in [0.15, 0.2) is 5.82 Å². The first-order valence-corrected chi connectivity index (χ1v) is 7.13. The Hall–Kier alpha value is -1.36. The first-order valence-electron chi connectivity index (χ1n) is 7.13. The number of anilines is 1. The predicted octanol–water partition coefficient (Wildman–Crippen LogP) is 2.82. The second kappa shape index (κ2) is 7.28. The molecule has 1 aliphatic rings. The van der Waals surface area contributed by atoms with Gasteiger partial charge in [0.25, 0.3) is 0 Å². The van der Waals surface area contributed by atoms with Crippen LogP contribution >= 0.6 is 0 Å². The van der Waals surface area contributed by atoms with Gasteiger partial charge < -0.3 is 10.1 Å². The number of methoxy groups -OCH3 is 1. The number of H-pyrrole nitrogens is 1. The number of hydrogen-bond donors (Lipinski definition) is 2. The Balaban J connectivity index is 1.74. The van der Waals surface area contributed by atoms with Crippen molar-refractivity contribution in [2.24, 2.45) is 0 Å². The van der Waals surface area contributed by atoms with E-state index in [0.717, 1.165) is 18.5 Å². The van der Waals surface area contributed by atoms with Crippen LogP contribution in [0.2, 0.25) is 0 Å². The molecule has 1 aromatic heterocycles. The van der Waals surface area contributed by atoms with Gasteiger partial charge in [-0.05, 0) is 25.7 Å². The van der Waals surface area contributed by atoms with Crippen LogP contribution in [0.5, 0.6) is 0 Å². The molecule has 0 aromatic carbocycles. The van der Waals surface area contributed by atoms with Crippen molar-refractivity contribution in [2.75, 3.05) is 19.0 Å². The monoisotopic (exact) mass is 265 g/mol. The summed E-state index contributed by atoms with van der Waals surface area (Å²) in [6.07, 6.45) is 7.33. The number of rotatable bonds is 7. The zero-order valence-corrected chi connectivity index (χ0v) is 11.6. The molecule has 19 heavy (non-hydrogen) atoms. The van der Waals surface area contributed by atoms with E-state index in [2.05, 4.69) is 15.5 Å². The zero-order chi connectivity index (χ0) is 13.5. The lowest BCUT2D eigenvalue weighted by atomic mass is 10.0. The van der Waals surface area contributed by atoms with Crippen molar-refractivity contribution in [3.8, 4) is 0 Å². The second-order valence-electron chi connectivity index (χ2n) is 5.19. The number of nitrogens with zero attached hydrogens (tertiary/aromatic N) is 1. The van der Waals surface area contributed by atoms with Gasteiger partial charge in [0.05, 0.1) is 0 Å². The highest BCUT2D eigenvalue weighted by molar-refractivity contribution is 5.89. The Bertz CT molecular complexity index is 397. The molecular formula is C14H23N3O2. The van der Waals surface area contributed by atoms with Crippen LogP contribution in [-0.4, -0.2) is 29.8 Å². The van der Waals surface area contributed by atoms with Crippen LogP contribution < -0.4 is 5.32 Å². The Kier molecular flexibility index (Phi) is 5.39. The summed E-state index contributed by atoms with van der Waals surface area (Å²) in [4.78, 5) is 11.7. The summed E-state index contributed by atoms with van der Waals surface area (Å²) in [6.45, 7) is 0.710. The minimum atomic E-state index is 0.0283. The molecule has 0 atom stereocenters. The molecule has 0 aliphatic heterocycles. The van der Waals surface area contributed by atoms with Gasteiger partial charge in [-0.3, -0.25) is 9.89 Å². The highest BCUT2D eigenvalue weighted by Gasteiger charge is 2.19. The molecule has 2 N–H and O–H groups in total. The summed E-state index contributed by atoms with van der Waals surface area (Å²) in [7, 11) is 1.67. The van der Waals surface area contributed by atoms with E-state index in [-0.39, 0.29) is 5.91 Å². The molecule has 0 bridgehead atoms. The van der Waals surface area contributed by atoms with Crippen molar-refractivity contribution in [3.05, 3.63) is 11.8 Å². The van der Waals surface area contributed by atoms with Crippen LogP contribution in [0.25, 0.3) is 0 Å². The Morgan fingerprint density at radius 2 is 2.26 bits per heavy atom. The molecular weight excluding hydrogens is 242 g/mol. The zero-order valence-electron chi connectivity index (χ0n) is 11.6. The van der Waals surface area contributed by atoms with E-state index < -0.39 is 0 Å². The molecule has 5 nitrogen and oxygen atoms in total. The summed E-state index contributed by atoms with van der Waals surface area (Å²) in [5, 5.41) is 10.0. The van der Waals surface area contributed by atoms with Gasteiger partial charge in [-0.2, -0.15) is 5.10 Å². The summed E-state index contributed by atoms with van der Waals surface area (Å²) in [5.74, 6) is 1.28. The summed E-state index contributed by atoms with van der Waals surface area (Å²) in [6, 6.07) is 1.98. The summed E-state index contributed by atoms with van der Waals surface area (Å²) >= 11 is 0. The molecule has 0 radical (unpaired) electrons. The number of carbonyl (C=O) groups is 1. The van der Waals surface area contributed by atoms with E-state index in [9.17, 15) is 4.79 Å². The Labute approximate surface area is 114 Å². The van der Waals surface area contributed by atoms with Crippen LogP contribution in [-0.2, 0) is 9.53 Å². The number of unbranched alkanes of at least 4 members (excludes halogenated alkanes) is 1. The lowest BCUT2D eigenvalue weighted by Gasteiger charge is -2.03. The van der Waals surface area contributed by atoms with Gasteiger partial charge in [-0.25, -0.2) is 0 Å². The molecule has 1 aliphatic carbocycles. The summed E-state index contributed by atoms with van der Waals surface area (Å²) in [5.41, 5.74) is 1.16. The highest BCUT2D eigenvalue weighted by Crippen LogP contribution is 2.33. The maximum absolute atomic E-state index is 11.7. The fourth-order valence-corrected chi connectivity index (χ4v) is 2.58. The predicted molar refractivity (Wildman–Crippen MR) is 74.2 cm³/mol. The Morgan fingerprint density at radius 3 is 3.00 bits per heavy atom. The van der Waals surface area contributed by atoms with E-state index in [1.54, 1.807) is 7.11 Å². The minimum Gasteiger partial charge on any atom is -0.385 e. The third-order valence-corrected chi connectivity index (χ3v) is 3.66. The van der Waals surface area contributed by atoms with Crippen molar-refractivity contribution in [3.63, 3.8) is 0 Å². The quantitative estimate of drug-likeness (QED) is 0.745. The Morgan fingerprint density at radius 1 is 1.47 bits per heavy atom. The fourth-order valence-electron chi connectivity index (χ4n) is 2.58. The number of ether oxygens (including phenoxy) is 1. The third kappa shape index (κ3) is 4.35. The largest absolute Gasteiger partial charge is 0.385 e. The van der Waals surface area contributed by atoms with E-state index in [0.29, 0.717) is 24.8 Å². The molecule has 1 aromatic rings. The van der Waals surface area contributed by atoms with Crippen LogP contribution in [0.4, 0.5) is 5.82 Å². The van der Waals surface area contributed by atoms with E-state index >= 15 is 0 Å². The van der Waals surface area contributed by atoms with Crippen molar-refractivity contribution in [2.45, 2.75) is 50.9 Å². The van der Waals surface area contributed by atoms with Crippen LogP contribution in [0.3, 0.4) is 0 Å². The van der Waals surface area contributed by atoms with Gasteiger partial charge in [0.1, 0.15) is 0 Å². The van der Waals surface area contributed by atoms with Crippen molar-refractivity contribution >= 4 is 11.7 Å². The number of amides is 1. The average molecular weight is 265 g/mol. The lowest BCUT2D eigenvalue weighted by Crippen LogP contribution is -2.11. The van der Waals surface area contributed by atoms with Gasteiger partial charge in [0.2, 0.25) is 5.91 Å². The maximum Gasteiger partial charge on any atom is 0.225 e. The number of hydrogen-bond acceptors (Lipinski definition) is 3. The number of aromatic amines is 1. The number of nitrogens with one attached hydrogen (secondary N) is 2. The van der Waals surface area contributed by atoms with Crippen LogP contribution in [0.15, 0.2) is 6.07 Å². The topological polar surface area (TPSA) is 67.0 Å². The molecule has 1 saturated carbocycles. The van der Waals surface area contributed by atoms with Crippen LogP contribution in [0.1, 0.15) is 56.6 Å².